The van der Waals surface area contributed by atoms with Crippen LogP contribution in [0.25, 0.3) is 6.08 Å². The first-order valence-electron chi connectivity index (χ1n) is 7.97. The van der Waals surface area contributed by atoms with Crippen LogP contribution in [0.4, 0.5) is 23.2 Å². The molecule has 0 fully saturated rings. The summed E-state index contributed by atoms with van der Waals surface area (Å²) in [7, 11) is 1.41. The van der Waals surface area contributed by atoms with Crippen molar-refractivity contribution in [3.05, 3.63) is 66.0 Å². The molecule has 28 heavy (non-hydrogen) atoms. The number of amides is 2. The van der Waals surface area contributed by atoms with Crippen LogP contribution in [0.1, 0.15) is 5.56 Å². The van der Waals surface area contributed by atoms with Gasteiger partial charge in [-0.15, -0.1) is 13.2 Å². The average Bonchev–Trinajstić information content (AvgIpc) is 2.61. The fourth-order valence-corrected chi connectivity index (χ4v) is 2.10. The van der Waals surface area contributed by atoms with Crippen LogP contribution < -0.4 is 10.1 Å². The van der Waals surface area contributed by atoms with E-state index in [1.165, 1.54) is 55.6 Å². The number of hydrogen-bond donors (Lipinski definition) is 1. The number of likely N-dealkylation sites (N-methyl/N-ethyl adjacent to an activating group) is 1. The third-order valence-corrected chi connectivity index (χ3v) is 3.42. The van der Waals surface area contributed by atoms with Gasteiger partial charge in [0.15, 0.2) is 0 Å². The second-order valence-corrected chi connectivity index (χ2v) is 5.70. The van der Waals surface area contributed by atoms with E-state index >= 15 is 0 Å². The number of nitrogens with one attached hydrogen (secondary N) is 1. The predicted molar refractivity (Wildman–Crippen MR) is 94.8 cm³/mol. The summed E-state index contributed by atoms with van der Waals surface area (Å²) in [6.45, 7) is -0.237. The Hall–Kier alpha value is -3.36. The van der Waals surface area contributed by atoms with Crippen molar-refractivity contribution in [3.63, 3.8) is 0 Å². The molecule has 2 aromatic carbocycles. The summed E-state index contributed by atoms with van der Waals surface area (Å²) in [5.41, 5.74) is 0.871. The first-order valence-corrected chi connectivity index (χ1v) is 7.97. The number of hydrogen-bond acceptors (Lipinski definition) is 3. The molecule has 0 spiro atoms. The normalized spacial score (nSPS) is 11.3. The summed E-state index contributed by atoms with van der Waals surface area (Å²) in [6.07, 6.45) is -2.19. The molecule has 9 heteroatoms. The SMILES string of the molecule is CN(CC(=O)Nc1ccc(F)cc1)C(=O)/C=C/c1ccc(OC(F)(F)F)cc1. The molecule has 0 saturated heterocycles. The first-order chi connectivity index (χ1) is 13.1. The molecular weight excluding hydrogens is 380 g/mol. The molecular formula is C19H16F4N2O3. The Bertz CT molecular complexity index is 847. The number of anilines is 1. The number of carbonyl (C=O) groups excluding carboxylic acids is 2. The number of alkyl halides is 3. The second-order valence-electron chi connectivity index (χ2n) is 5.70. The third-order valence-electron chi connectivity index (χ3n) is 3.42. The molecule has 0 aliphatic rings. The zero-order valence-corrected chi connectivity index (χ0v) is 14.7. The average molecular weight is 396 g/mol. The Morgan fingerprint density at radius 2 is 1.68 bits per heavy atom. The van der Waals surface area contributed by atoms with Crippen LogP contribution in [0.5, 0.6) is 5.75 Å². The Kier molecular flexibility index (Phi) is 6.75. The zero-order valence-electron chi connectivity index (χ0n) is 14.7. The summed E-state index contributed by atoms with van der Waals surface area (Å²) >= 11 is 0. The summed E-state index contributed by atoms with van der Waals surface area (Å²) in [6, 6.07) is 10.1. The highest BCUT2D eigenvalue weighted by Gasteiger charge is 2.30. The number of ether oxygens (including phenoxy) is 1. The van der Waals surface area contributed by atoms with Gasteiger partial charge in [0.05, 0.1) is 6.54 Å². The highest BCUT2D eigenvalue weighted by Crippen LogP contribution is 2.23. The minimum atomic E-state index is -4.77. The van der Waals surface area contributed by atoms with Crippen molar-refractivity contribution in [2.45, 2.75) is 6.36 Å². The van der Waals surface area contributed by atoms with Crippen LogP contribution >= 0.6 is 0 Å². The third kappa shape index (κ3) is 7.10. The Labute approximate surface area is 158 Å². The molecule has 0 bridgehead atoms. The van der Waals surface area contributed by atoms with Crippen molar-refractivity contribution < 1.29 is 31.9 Å². The molecule has 0 saturated carbocycles. The lowest BCUT2D eigenvalue weighted by atomic mass is 10.2. The van der Waals surface area contributed by atoms with E-state index in [9.17, 15) is 27.2 Å². The van der Waals surface area contributed by atoms with Crippen molar-refractivity contribution in [3.8, 4) is 5.75 Å². The highest BCUT2D eigenvalue weighted by molar-refractivity contribution is 5.97. The lowest BCUT2D eigenvalue weighted by Gasteiger charge is -2.14. The predicted octanol–water partition coefficient (Wildman–Crippen LogP) is 3.83. The molecule has 0 aliphatic carbocycles. The Morgan fingerprint density at radius 1 is 1.07 bits per heavy atom. The van der Waals surface area contributed by atoms with Gasteiger partial charge in [0.25, 0.3) is 0 Å². The quantitative estimate of drug-likeness (QED) is 0.596. The van der Waals surface area contributed by atoms with E-state index in [-0.39, 0.29) is 12.3 Å². The highest BCUT2D eigenvalue weighted by atomic mass is 19.4. The zero-order chi connectivity index (χ0) is 20.7. The molecule has 0 aromatic heterocycles. The number of benzene rings is 2. The maximum absolute atomic E-state index is 12.8. The largest absolute Gasteiger partial charge is 0.573 e. The van der Waals surface area contributed by atoms with Crippen molar-refractivity contribution in [2.75, 3.05) is 18.9 Å². The minimum absolute atomic E-state index is 0.237. The van der Waals surface area contributed by atoms with Gasteiger partial charge >= 0.3 is 6.36 Å². The van der Waals surface area contributed by atoms with Gasteiger partial charge in [0.2, 0.25) is 11.8 Å². The molecule has 2 rings (SSSR count). The Morgan fingerprint density at radius 3 is 2.25 bits per heavy atom. The summed E-state index contributed by atoms with van der Waals surface area (Å²) in [4.78, 5) is 25.1. The maximum atomic E-state index is 12.8. The van der Waals surface area contributed by atoms with E-state index in [0.717, 1.165) is 17.0 Å². The molecule has 0 radical (unpaired) electrons. The molecule has 148 valence electrons. The topological polar surface area (TPSA) is 58.6 Å². The molecule has 2 amide bonds. The van der Waals surface area contributed by atoms with Gasteiger partial charge in [0.1, 0.15) is 11.6 Å². The number of rotatable bonds is 6. The fraction of sp³-hybridized carbons (Fsp3) is 0.158. The van der Waals surface area contributed by atoms with Gasteiger partial charge in [-0.1, -0.05) is 12.1 Å². The van der Waals surface area contributed by atoms with Gasteiger partial charge < -0.3 is 15.0 Å². The summed E-state index contributed by atoms with van der Waals surface area (Å²) in [5.74, 6) is -1.76. The van der Waals surface area contributed by atoms with Crippen molar-refractivity contribution in [1.29, 1.82) is 0 Å². The van der Waals surface area contributed by atoms with Crippen LogP contribution in [0.2, 0.25) is 0 Å². The molecule has 0 aliphatic heterocycles. The molecule has 5 nitrogen and oxygen atoms in total. The van der Waals surface area contributed by atoms with Crippen molar-refractivity contribution in [2.24, 2.45) is 0 Å². The monoisotopic (exact) mass is 396 g/mol. The van der Waals surface area contributed by atoms with Crippen LogP contribution in [-0.4, -0.2) is 36.7 Å². The molecule has 0 atom stereocenters. The van der Waals surface area contributed by atoms with Crippen LogP contribution in [0.3, 0.4) is 0 Å². The van der Waals surface area contributed by atoms with Crippen LogP contribution in [0.15, 0.2) is 54.6 Å². The van der Waals surface area contributed by atoms with Crippen molar-refractivity contribution in [1.82, 2.24) is 4.90 Å². The Balaban J connectivity index is 1.87. The molecule has 1 N–H and O–H groups in total. The van der Waals surface area contributed by atoms with E-state index in [4.69, 9.17) is 0 Å². The fourth-order valence-electron chi connectivity index (χ4n) is 2.10. The number of halogens is 4. The van der Waals surface area contributed by atoms with Gasteiger partial charge in [-0.3, -0.25) is 9.59 Å². The lowest BCUT2D eigenvalue weighted by Crippen LogP contribution is -2.33. The summed E-state index contributed by atoms with van der Waals surface area (Å²) in [5, 5.41) is 2.52. The van der Waals surface area contributed by atoms with Crippen molar-refractivity contribution >= 4 is 23.6 Å². The van der Waals surface area contributed by atoms with Gasteiger partial charge in [0, 0.05) is 18.8 Å². The van der Waals surface area contributed by atoms with E-state index in [1.807, 2.05) is 0 Å². The summed E-state index contributed by atoms with van der Waals surface area (Å²) < 4.78 is 52.9. The van der Waals surface area contributed by atoms with Gasteiger partial charge in [-0.2, -0.15) is 0 Å². The number of carbonyl (C=O) groups is 2. The van der Waals surface area contributed by atoms with E-state index in [1.54, 1.807) is 0 Å². The maximum Gasteiger partial charge on any atom is 0.573 e. The first kappa shape index (κ1) is 20.9. The van der Waals surface area contributed by atoms with E-state index in [2.05, 4.69) is 10.1 Å². The lowest BCUT2D eigenvalue weighted by molar-refractivity contribution is -0.274. The molecule has 0 heterocycles. The molecule has 0 unspecified atom stereocenters. The minimum Gasteiger partial charge on any atom is -0.406 e. The van der Waals surface area contributed by atoms with Crippen LogP contribution in [0, 0.1) is 5.82 Å². The molecule has 2 aromatic rings. The van der Waals surface area contributed by atoms with Gasteiger partial charge in [-0.25, -0.2) is 4.39 Å². The standard InChI is InChI=1S/C19H16F4N2O3/c1-25(12-17(26)24-15-7-5-14(20)6-8-15)18(27)11-4-13-2-9-16(10-3-13)28-19(21,22)23/h2-11H,12H2,1H3,(H,24,26)/b11-4+. The van der Waals surface area contributed by atoms with Gasteiger partial charge in [-0.05, 0) is 48.0 Å². The second kappa shape index (κ2) is 9.03. The van der Waals surface area contributed by atoms with E-state index in [0.29, 0.717) is 11.3 Å². The van der Waals surface area contributed by atoms with Crippen LogP contribution in [-0.2, 0) is 9.59 Å². The van der Waals surface area contributed by atoms with E-state index < -0.39 is 24.0 Å². The smallest absolute Gasteiger partial charge is 0.406 e. The number of nitrogens with zero attached hydrogens (tertiary/aromatic N) is 1.